The van der Waals surface area contributed by atoms with E-state index in [9.17, 15) is 0 Å². The number of hydrogen-bond donors (Lipinski definition) is 1. The van der Waals surface area contributed by atoms with Crippen LogP contribution in [0, 0.1) is 0 Å². The highest BCUT2D eigenvalue weighted by atomic mass is 15.1. The molecule has 3 rings (SSSR count). The molecule has 110 valence electrons. The Morgan fingerprint density at radius 3 is 2.57 bits per heavy atom. The zero-order valence-electron chi connectivity index (χ0n) is 13.0. The minimum Gasteiger partial charge on any atom is -0.384 e. The van der Waals surface area contributed by atoms with E-state index in [1.165, 1.54) is 23.2 Å². The third kappa shape index (κ3) is 3.11. The summed E-state index contributed by atoms with van der Waals surface area (Å²) in [5, 5.41) is 3.55. The molecule has 2 heteroatoms. The fraction of sp³-hybridized carbons (Fsp3) is 0.368. The van der Waals surface area contributed by atoms with Crippen LogP contribution in [0.4, 0.5) is 5.69 Å². The maximum atomic E-state index is 3.55. The topological polar surface area (TPSA) is 15.3 Å². The number of nitrogens with zero attached hydrogens (tertiary/aromatic N) is 1. The van der Waals surface area contributed by atoms with E-state index in [1.54, 1.807) is 0 Å². The lowest BCUT2D eigenvalue weighted by Crippen LogP contribution is -2.30. The van der Waals surface area contributed by atoms with E-state index in [1.807, 2.05) is 0 Å². The number of fused-ring (bicyclic) bond motifs is 1. The van der Waals surface area contributed by atoms with Crippen molar-refractivity contribution in [3.63, 3.8) is 0 Å². The molecule has 2 aromatic rings. The Morgan fingerprint density at radius 2 is 1.76 bits per heavy atom. The molecule has 1 unspecified atom stereocenters. The van der Waals surface area contributed by atoms with Crippen molar-refractivity contribution in [2.24, 2.45) is 0 Å². The first kappa shape index (κ1) is 14.2. The van der Waals surface area contributed by atoms with Crippen LogP contribution in [0.1, 0.15) is 24.5 Å². The summed E-state index contributed by atoms with van der Waals surface area (Å²) in [6.45, 7) is 5.56. The molecule has 0 saturated carbocycles. The smallest absolute Gasteiger partial charge is 0.0379 e. The van der Waals surface area contributed by atoms with Gasteiger partial charge >= 0.3 is 0 Å². The zero-order valence-corrected chi connectivity index (χ0v) is 13.0. The van der Waals surface area contributed by atoms with Gasteiger partial charge in [0, 0.05) is 24.2 Å². The summed E-state index contributed by atoms with van der Waals surface area (Å²) in [6.07, 6.45) is 1.18. The van der Waals surface area contributed by atoms with Gasteiger partial charge in [0.15, 0.2) is 0 Å². The van der Waals surface area contributed by atoms with E-state index in [0.29, 0.717) is 0 Å². The Kier molecular flexibility index (Phi) is 3.98. The van der Waals surface area contributed by atoms with Crippen LogP contribution in [0.2, 0.25) is 0 Å². The molecule has 0 fully saturated rings. The molecule has 0 aromatic heterocycles. The number of anilines is 1. The van der Waals surface area contributed by atoms with Gasteiger partial charge in [-0.15, -0.1) is 0 Å². The predicted molar refractivity (Wildman–Crippen MR) is 89.7 cm³/mol. The van der Waals surface area contributed by atoms with E-state index in [-0.39, 0.29) is 5.41 Å². The average Bonchev–Trinajstić information content (AvgIpc) is 2.85. The molecule has 0 aliphatic carbocycles. The number of benzene rings is 2. The SMILES string of the molecule is CN(CCC1(C)CNc2ccccc21)Cc1ccccc1. The molecule has 2 nitrogen and oxygen atoms in total. The van der Waals surface area contributed by atoms with Gasteiger partial charge in [-0.3, -0.25) is 0 Å². The molecular formula is C19H24N2. The molecule has 0 amide bonds. The van der Waals surface area contributed by atoms with E-state index in [0.717, 1.165) is 19.6 Å². The van der Waals surface area contributed by atoms with Gasteiger partial charge in [-0.2, -0.15) is 0 Å². The lowest BCUT2D eigenvalue weighted by Gasteiger charge is -2.27. The lowest BCUT2D eigenvalue weighted by atomic mass is 9.81. The van der Waals surface area contributed by atoms with Crippen LogP contribution < -0.4 is 5.32 Å². The summed E-state index contributed by atoms with van der Waals surface area (Å²) in [4.78, 5) is 2.42. The number of para-hydroxylation sites is 1. The maximum absolute atomic E-state index is 3.55. The molecule has 21 heavy (non-hydrogen) atoms. The van der Waals surface area contributed by atoms with Gasteiger partial charge in [-0.05, 0) is 37.2 Å². The van der Waals surface area contributed by atoms with Crippen LogP contribution in [-0.4, -0.2) is 25.0 Å². The quantitative estimate of drug-likeness (QED) is 0.894. The molecule has 0 bridgehead atoms. The van der Waals surface area contributed by atoms with Gasteiger partial charge in [0.2, 0.25) is 0 Å². The minimum atomic E-state index is 0.252. The second kappa shape index (κ2) is 5.90. The van der Waals surface area contributed by atoms with E-state index < -0.39 is 0 Å². The summed E-state index contributed by atoms with van der Waals surface area (Å²) in [6, 6.07) is 19.4. The Balaban J connectivity index is 1.60. The predicted octanol–water partition coefficient (Wildman–Crippen LogP) is 3.89. The normalized spacial score (nSPS) is 20.3. The van der Waals surface area contributed by atoms with Gasteiger partial charge < -0.3 is 10.2 Å². The summed E-state index contributed by atoms with van der Waals surface area (Å²) in [7, 11) is 2.21. The van der Waals surface area contributed by atoms with Crippen molar-refractivity contribution in [1.29, 1.82) is 0 Å². The Hall–Kier alpha value is -1.80. The van der Waals surface area contributed by atoms with Gasteiger partial charge in [0.05, 0.1) is 0 Å². The van der Waals surface area contributed by atoms with Crippen molar-refractivity contribution in [3.8, 4) is 0 Å². The Bertz CT molecular complexity index is 594. The first-order chi connectivity index (χ1) is 10.2. The van der Waals surface area contributed by atoms with E-state index >= 15 is 0 Å². The summed E-state index contributed by atoms with van der Waals surface area (Å²) >= 11 is 0. The molecule has 1 aliphatic heterocycles. The average molecular weight is 280 g/mol. The second-order valence-corrected chi connectivity index (χ2v) is 6.43. The fourth-order valence-electron chi connectivity index (χ4n) is 3.18. The first-order valence-electron chi connectivity index (χ1n) is 7.73. The third-order valence-electron chi connectivity index (χ3n) is 4.59. The van der Waals surface area contributed by atoms with Gasteiger partial charge in [0.1, 0.15) is 0 Å². The van der Waals surface area contributed by atoms with Crippen LogP contribution in [-0.2, 0) is 12.0 Å². The summed E-state index contributed by atoms with van der Waals surface area (Å²) < 4.78 is 0. The largest absolute Gasteiger partial charge is 0.384 e. The molecule has 0 saturated heterocycles. The highest BCUT2D eigenvalue weighted by Crippen LogP contribution is 2.38. The molecule has 0 spiro atoms. The van der Waals surface area contributed by atoms with Crippen LogP contribution in [0.5, 0.6) is 0 Å². The van der Waals surface area contributed by atoms with Gasteiger partial charge in [-0.1, -0.05) is 55.5 Å². The van der Waals surface area contributed by atoms with E-state index in [4.69, 9.17) is 0 Å². The molecule has 1 heterocycles. The van der Waals surface area contributed by atoms with E-state index in [2.05, 4.69) is 78.8 Å². The zero-order chi connectivity index (χ0) is 14.7. The first-order valence-corrected chi connectivity index (χ1v) is 7.73. The summed E-state index contributed by atoms with van der Waals surface area (Å²) in [5.41, 5.74) is 4.42. The van der Waals surface area contributed by atoms with Crippen molar-refractivity contribution in [2.75, 3.05) is 25.5 Å². The standard InChI is InChI=1S/C19H24N2/c1-19(15-20-18-11-7-6-10-17(18)19)12-13-21(2)14-16-8-4-3-5-9-16/h3-11,20H,12-15H2,1-2H3. The maximum Gasteiger partial charge on any atom is 0.0379 e. The monoisotopic (exact) mass is 280 g/mol. The highest BCUT2D eigenvalue weighted by Gasteiger charge is 2.33. The summed E-state index contributed by atoms with van der Waals surface area (Å²) in [5.74, 6) is 0. The van der Waals surface area contributed by atoms with Crippen LogP contribution in [0.15, 0.2) is 54.6 Å². The Labute approximate surface area is 127 Å². The third-order valence-corrected chi connectivity index (χ3v) is 4.59. The Morgan fingerprint density at radius 1 is 1.05 bits per heavy atom. The molecule has 1 aliphatic rings. The van der Waals surface area contributed by atoms with Crippen LogP contribution in [0.3, 0.4) is 0 Å². The minimum absolute atomic E-state index is 0.252. The second-order valence-electron chi connectivity index (χ2n) is 6.43. The number of nitrogens with one attached hydrogen (secondary N) is 1. The molecular weight excluding hydrogens is 256 g/mol. The lowest BCUT2D eigenvalue weighted by molar-refractivity contribution is 0.288. The van der Waals surface area contributed by atoms with Crippen molar-refractivity contribution < 1.29 is 0 Å². The van der Waals surface area contributed by atoms with Crippen molar-refractivity contribution in [1.82, 2.24) is 4.90 Å². The van der Waals surface area contributed by atoms with Crippen molar-refractivity contribution >= 4 is 5.69 Å². The molecule has 1 N–H and O–H groups in total. The fourth-order valence-corrected chi connectivity index (χ4v) is 3.18. The number of hydrogen-bond acceptors (Lipinski definition) is 2. The van der Waals surface area contributed by atoms with Gasteiger partial charge in [0.25, 0.3) is 0 Å². The van der Waals surface area contributed by atoms with Crippen molar-refractivity contribution in [2.45, 2.75) is 25.3 Å². The molecule has 2 aromatic carbocycles. The van der Waals surface area contributed by atoms with Crippen LogP contribution in [0.25, 0.3) is 0 Å². The number of rotatable bonds is 5. The van der Waals surface area contributed by atoms with Crippen LogP contribution >= 0.6 is 0 Å². The van der Waals surface area contributed by atoms with Crippen molar-refractivity contribution in [3.05, 3.63) is 65.7 Å². The van der Waals surface area contributed by atoms with Gasteiger partial charge in [-0.25, -0.2) is 0 Å². The molecule has 1 atom stereocenters. The molecule has 0 radical (unpaired) electrons. The highest BCUT2D eigenvalue weighted by molar-refractivity contribution is 5.59.